The summed E-state index contributed by atoms with van der Waals surface area (Å²) < 4.78 is 0. The van der Waals surface area contributed by atoms with E-state index in [0.29, 0.717) is 6.42 Å². The highest BCUT2D eigenvalue weighted by atomic mass is 16.3. The molecule has 0 saturated heterocycles. The summed E-state index contributed by atoms with van der Waals surface area (Å²) in [4.78, 5) is 11.6. The molecule has 4 heteroatoms. The number of hydrogen-bond donors (Lipinski definition) is 3. The van der Waals surface area contributed by atoms with Gasteiger partial charge in [-0.1, -0.05) is 12.8 Å². The van der Waals surface area contributed by atoms with Crippen molar-refractivity contribution in [2.75, 3.05) is 26.7 Å². The minimum Gasteiger partial charge on any atom is -0.396 e. The standard InChI is InChI=1S/C13H26N2O2/c1-14-9-4-5-12(17)15-11-13(8-10-16)6-2-3-7-13/h14,16H,2-11H2,1H3,(H,15,17). The second kappa shape index (κ2) is 7.67. The summed E-state index contributed by atoms with van der Waals surface area (Å²) in [6, 6.07) is 0. The molecule has 1 saturated carbocycles. The van der Waals surface area contributed by atoms with Crippen molar-refractivity contribution < 1.29 is 9.90 Å². The summed E-state index contributed by atoms with van der Waals surface area (Å²) in [5.41, 5.74) is 0.174. The fraction of sp³-hybridized carbons (Fsp3) is 0.923. The molecule has 0 radical (unpaired) electrons. The van der Waals surface area contributed by atoms with Crippen molar-refractivity contribution in [1.29, 1.82) is 0 Å². The van der Waals surface area contributed by atoms with Crippen LogP contribution < -0.4 is 10.6 Å². The molecular weight excluding hydrogens is 216 g/mol. The van der Waals surface area contributed by atoms with E-state index in [4.69, 9.17) is 5.11 Å². The number of hydrogen-bond acceptors (Lipinski definition) is 3. The predicted octanol–water partition coefficient (Wildman–Crippen LogP) is 1.04. The summed E-state index contributed by atoms with van der Waals surface area (Å²) >= 11 is 0. The number of aliphatic hydroxyl groups is 1. The first-order valence-electron chi connectivity index (χ1n) is 6.75. The van der Waals surface area contributed by atoms with Gasteiger partial charge >= 0.3 is 0 Å². The Morgan fingerprint density at radius 1 is 1.35 bits per heavy atom. The van der Waals surface area contributed by atoms with E-state index in [2.05, 4.69) is 10.6 Å². The van der Waals surface area contributed by atoms with Crippen molar-refractivity contribution in [1.82, 2.24) is 10.6 Å². The van der Waals surface area contributed by atoms with Gasteiger partial charge in [-0.2, -0.15) is 0 Å². The van der Waals surface area contributed by atoms with Crippen molar-refractivity contribution in [3.05, 3.63) is 0 Å². The van der Waals surface area contributed by atoms with E-state index in [0.717, 1.165) is 38.8 Å². The van der Waals surface area contributed by atoms with Gasteiger partial charge in [0.2, 0.25) is 5.91 Å². The Morgan fingerprint density at radius 3 is 2.65 bits per heavy atom. The lowest BCUT2D eigenvalue weighted by Crippen LogP contribution is -2.36. The molecule has 0 bridgehead atoms. The fourth-order valence-corrected chi connectivity index (χ4v) is 2.68. The van der Waals surface area contributed by atoms with Crippen LogP contribution >= 0.6 is 0 Å². The third-order valence-electron chi connectivity index (χ3n) is 3.80. The lowest BCUT2D eigenvalue weighted by Gasteiger charge is -2.28. The van der Waals surface area contributed by atoms with Crippen LogP contribution in [0.3, 0.4) is 0 Å². The molecule has 1 amide bonds. The summed E-state index contributed by atoms with van der Waals surface area (Å²) in [7, 11) is 1.90. The molecule has 0 aromatic rings. The lowest BCUT2D eigenvalue weighted by molar-refractivity contribution is -0.121. The number of carbonyl (C=O) groups excluding carboxylic acids is 1. The number of aliphatic hydroxyl groups excluding tert-OH is 1. The van der Waals surface area contributed by atoms with Gasteiger partial charge in [-0.15, -0.1) is 0 Å². The Hall–Kier alpha value is -0.610. The van der Waals surface area contributed by atoms with E-state index in [1.54, 1.807) is 0 Å². The van der Waals surface area contributed by atoms with Crippen LogP contribution in [0.4, 0.5) is 0 Å². The van der Waals surface area contributed by atoms with Gasteiger partial charge in [0.15, 0.2) is 0 Å². The maximum Gasteiger partial charge on any atom is 0.220 e. The smallest absolute Gasteiger partial charge is 0.220 e. The van der Waals surface area contributed by atoms with Gasteiger partial charge in [0.25, 0.3) is 0 Å². The Labute approximate surface area is 104 Å². The summed E-state index contributed by atoms with van der Waals surface area (Å²) in [6.45, 7) is 1.86. The molecule has 0 aromatic heterocycles. The molecule has 1 fully saturated rings. The van der Waals surface area contributed by atoms with E-state index in [9.17, 15) is 4.79 Å². The van der Waals surface area contributed by atoms with Crippen LogP contribution in [0.5, 0.6) is 0 Å². The van der Waals surface area contributed by atoms with Gasteiger partial charge in [0, 0.05) is 19.6 Å². The van der Waals surface area contributed by atoms with Gasteiger partial charge < -0.3 is 15.7 Å². The zero-order valence-corrected chi connectivity index (χ0v) is 10.9. The molecule has 0 spiro atoms. The normalized spacial score (nSPS) is 18.2. The molecular formula is C13H26N2O2. The molecule has 1 aliphatic carbocycles. The van der Waals surface area contributed by atoms with Crippen molar-refractivity contribution in [3.63, 3.8) is 0 Å². The maximum absolute atomic E-state index is 11.6. The average molecular weight is 242 g/mol. The van der Waals surface area contributed by atoms with Gasteiger partial charge in [0.05, 0.1) is 0 Å². The zero-order chi connectivity index (χ0) is 12.6. The minimum absolute atomic E-state index is 0.143. The quantitative estimate of drug-likeness (QED) is 0.557. The van der Waals surface area contributed by atoms with Crippen molar-refractivity contribution in [2.24, 2.45) is 5.41 Å². The molecule has 0 aromatic carbocycles. The predicted molar refractivity (Wildman–Crippen MR) is 68.8 cm³/mol. The van der Waals surface area contributed by atoms with Crippen molar-refractivity contribution in [2.45, 2.75) is 44.9 Å². The maximum atomic E-state index is 11.6. The van der Waals surface area contributed by atoms with Gasteiger partial charge in [-0.25, -0.2) is 0 Å². The second-order valence-corrected chi connectivity index (χ2v) is 5.16. The second-order valence-electron chi connectivity index (χ2n) is 5.16. The van der Waals surface area contributed by atoms with Crippen LogP contribution in [0.2, 0.25) is 0 Å². The lowest BCUT2D eigenvalue weighted by atomic mass is 9.83. The molecule has 4 nitrogen and oxygen atoms in total. The van der Waals surface area contributed by atoms with E-state index < -0.39 is 0 Å². The first-order chi connectivity index (χ1) is 8.22. The highest BCUT2D eigenvalue weighted by Gasteiger charge is 2.33. The van der Waals surface area contributed by atoms with Crippen LogP contribution in [0.15, 0.2) is 0 Å². The van der Waals surface area contributed by atoms with E-state index >= 15 is 0 Å². The Kier molecular flexibility index (Phi) is 6.52. The average Bonchev–Trinajstić information content (AvgIpc) is 2.77. The number of nitrogens with one attached hydrogen (secondary N) is 2. The molecule has 0 heterocycles. The Morgan fingerprint density at radius 2 is 2.06 bits per heavy atom. The molecule has 1 aliphatic rings. The monoisotopic (exact) mass is 242 g/mol. The van der Waals surface area contributed by atoms with Crippen LogP contribution in [-0.4, -0.2) is 37.8 Å². The van der Waals surface area contributed by atoms with E-state index in [-0.39, 0.29) is 17.9 Å². The van der Waals surface area contributed by atoms with E-state index in [1.807, 2.05) is 7.05 Å². The third kappa shape index (κ3) is 5.04. The summed E-state index contributed by atoms with van der Waals surface area (Å²) in [6.07, 6.45) is 7.05. The zero-order valence-electron chi connectivity index (χ0n) is 10.9. The molecule has 0 unspecified atom stereocenters. The molecule has 17 heavy (non-hydrogen) atoms. The van der Waals surface area contributed by atoms with Gasteiger partial charge in [-0.05, 0) is 44.7 Å². The largest absolute Gasteiger partial charge is 0.396 e. The molecule has 1 rings (SSSR count). The van der Waals surface area contributed by atoms with Crippen LogP contribution in [-0.2, 0) is 4.79 Å². The van der Waals surface area contributed by atoms with Crippen LogP contribution in [0.25, 0.3) is 0 Å². The summed E-state index contributed by atoms with van der Waals surface area (Å²) in [5.74, 6) is 0.143. The first kappa shape index (κ1) is 14.5. The molecule has 100 valence electrons. The number of rotatable bonds is 8. The fourth-order valence-electron chi connectivity index (χ4n) is 2.68. The van der Waals surface area contributed by atoms with Crippen molar-refractivity contribution >= 4 is 5.91 Å². The SMILES string of the molecule is CNCCCC(=O)NCC1(CCO)CCCC1. The highest BCUT2D eigenvalue weighted by molar-refractivity contribution is 5.75. The number of carbonyl (C=O) groups is 1. The molecule has 0 aliphatic heterocycles. The Balaban J connectivity index is 2.24. The molecule has 0 atom stereocenters. The summed E-state index contributed by atoms with van der Waals surface area (Å²) in [5, 5.41) is 15.2. The third-order valence-corrected chi connectivity index (χ3v) is 3.80. The molecule has 3 N–H and O–H groups in total. The topological polar surface area (TPSA) is 61.4 Å². The van der Waals surface area contributed by atoms with Crippen molar-refractivity contribution in [3.8, 4) is 0 Å². The number of amides is 1. The highest BCUT2D eigenvalue weighted by Crippen LogP contribution is 2.40. The van der Waals surface area contributed by atoms with E-state index in [1.165, 1.54) is 12.8 Å². The van der Waals surface area contributed by atoms with Gasteiger partial charge in [-0.3, -0.25) is 4.79 Å². The minimum atomic E-state index is 0.143. The first-order valence-corrected chi connectivity index (χ1v) is 6.75. The Bertz CT molecular complexity index is 225. The van der Waals surface area contributed by atoms with Crippen LogP contribution in [0, 0.1) is 5.41 Å². The van der Waals surface area contributed by atoms with Gasteiger partial charge in [0.1, 0.15) is 0 Å². The van der Waals surface area contributed by atoms with Crippen LogP contribution in [0.1, 0.15) is 44.9 Å².